The van der Waals surface area contributed by atoms with Crippen molar-refractivity contribution in [3.8, 4) is 0 Å². The van der Waals surface area contributed by atoms with Crippen LogP contribution in [0.1, 0.15) is 21.8 Å². The second-order valence-electron chi connectivity index (χ2n) is 7.79. The van der Waals surface area contributed by atoms with Crippen LogP contribution in [0.2, 0.25) is 5.02 Å². The summed E-state index contributed by atoms with van der Waals surface area (Å²) in [7, 11) is 0. The number of nitrogens with one attached hydrogen (secondary N) is 2. The molecular formula is C23H14BrCl3F3N3O2. The number of alkyl halides is 2. The van der Waals surface area contributed by atoms with Crippen LogP contribution >= 0.6 is 50.7 Å². The third-order valence-electron chi connectivity index (χ3n) is 5.43. The van der Waals surface area contributed by atoms with E-state index < -0.39 is 51.1 Å². The summed E-state index contributed by atoms with van der Waals surface area (Å²) in [6.45, 7) is 0. The van der Waals surface area contributed by atoms with E-state index in [0.29, 0.717) is 10.0 Å². The van der Waals surface area contributed by atoms with Crippen LogP contribution in [0.4, 0.5) is 30.2 Å². The summed E-state index contributed by atoms with van der Waals surface area (Å²) in [4.78, 5) is 25.6. The first-order valence-corrected chi connectivity index (χ1v) is 11.8. The summed E-state index contributed by atoms with van der Waals surface area (Å²) in [5.74, 6) is -5.58. The second-order valence-corrected chi connectivity index (χ2v) is 10.6. The predicted molar refractivity (Wildman–Crippen MR) is 134 cm³/mol. The smallest absolute Gasteiger partial charge is 0.257 e. The van der Waals surface area contributed by atoms with Gasteiger partial charge in [-0.2, -0.15) is 0 Å². The van der Waals surface area contributed by atoms with Crippen molar-refractivity contribution in [1.82, 2.24) is 0 Å². The molecule has 0 radical (unpaired) electrons. The number of rotatable bonds is 5. The molecule has 0 bridgehead atoms. The molecule has 182 valence electrons. The molecule has 0 saturated heterocycles. The van der Waals surface area contributed by atoms with Crippen molar-refractivity contribution in [2.45, 2.75) is 10.3 Å². The van der Waals surface area contributed by atoms with Crippen molar-refractivity contribution in [2.24, 2.45) is 5.92 Å². The molecule has 0 aromatic heterocycles. The molecule has 2 amide bonds. The number of carbonyl (C=O) groups excluding carboxylic acids is 2. The minimum Gasteiger partial charge on any atom is -0.394 e. The summed E-state index contributed by atoms with van der Waals surface area (Å²) in [5.41, 5.74) is 4.74. The van der Waals surface area contributed by atoms with Gasteiger partial charge in [-0.05, 0) is 54.1 Å². The maximum atomic E-state index is 14.2. The molecule has 0 spiro atoms. The molecule has 12 heteroatoms. The van der Waals surface area contributed by atoms with Crippen molar-refractivity contribution in [1.29, 1.82) is 0 Å². The highest BCUT2D eigenvalue weighted by Gasteiger charge is 2.67. The molecule has 2 atom stereocenters. The van der Waals surface area contributed by atoms with E-state index in [0.717, 1.165) is 12.1 Å². The van der Waals surface area contributed by atoms with E-state index in [-0.39, 0.29) is 22.0 Å². The van der Waals surface area contributed by atoms with Crippen LogP contribution in [0.15, 0.2) is 53.0 Å². The molecule has 0 unspecified atom stereocenters. The van der Waals surface area contributed by atoms with E-state index in [4.69, 9.17) is 40.5 Å². The van der Waals surface area contributed by atoms with E-state index in [1.165, 1.54) is 30.3 Å². The van der Waals surface area contributed by atoms with Crippen LogP contribution in [-0.2, 0) is 4.79 Å². The highest BCUT2D eigenvalue weighted by molar-refractivity contribution is 9.10. The maximum Gasteiger partial charge on any atom is 0.257 e. The molecule has 1 fully saturated rings. The van der Waals surface area contributed by atoms with E-state index >= 15 is 0 Å². The average Bonchev–Trinajstić information content (AvgIpc) is 3.36. The van der Waals surface area contributed by atoms with Gasteiger partial charge in [0.05, 0.1) is 22.2 Å². The first kappa shape index (κ1) is 25.6. The lowest BCUT2D eigenvalue weighted by Gasteiger charge is -2.11. The topological polar surface area (TPSA) is 84.2 Å². The van der Waals surface area contributed by atoms with Crippen molar-refractivity contribution < 1.29 is 22.8 Å². The van der Waals surface area contributed by atoms with Crippen molar-refractivity contribution in [3.63, 3.8) is 0 Å². The van der Waals surface area contributed by atoms with Gasteiger partial charge in [-0.15, -0.1) is 23.2 Å². The fourth-order valence-corrected chi connectivity index (χ4v) is 5.19. The number of nitrogen functional groups attached to an aromatic ring is 1. The Hall–Kier alpha value is -2.46. The molecule has 3 aromatic rings. The lowest BCUT2D eigenvalue weighted by molar-refractivity contribution is -0.117. The fraction of sp³-hybridized carbons (Fsp3) is 0.130. The van der Waals surface area contributed by atoms with Gasteiger partial charge in [0, 0.05) is 16.1 Å². The quantitative estimate of drug-likeness (QED) is 0.218. The zero-order chi connectivity index (χ0) is 25.7. The first-order chi connectivity index (χ1) is 16.4. The number of nitrogens with two attached hydrogens (primary N) is 1. The Balaban J connectivity index is 1.52. The van der Waals surface area contributed by atoms with Crippen LogP contribution in [0.25, 0.3) is 0 Å². The van der Waals surface area contributed by atoms with Crippen molar-refractivity contribution in [2.75, 3.05) is 16.4 Å². The molecule has 1 aliphatic rings. The zero-order valence-corrected chi connectivity index (χ0v) is 21.2. The number of halogens is 7. The van der Waals surface area contributed by atoms with Gasteiger partial charge in [0.15, 0.2) is 5.82 Å². The van der Waals surface area contributed by atoms with E-state index in [1.54, 1.807) is 6.07 Å². The van der Waals surface area contributed by atoms with Gasteiger partial charge >= 0.3 is 0 Å². The Kier molecular flexibility index (Phi) is 6.98. The van der Waals surface area contributed by atoms with Crippen molar-refractivity contribution >= 4 is 79.6 Å². The summed E-state index contributed by atoms with van der Waals surface area (Å²) in [5, 5.41) is 4.88. The lowest BCUT2D eigenvalue weighted by Crippen LogP contribution is -2.18. The maximum absolute atomic E-state index is 14.2. The largest absolute Gasteiger partial charge is 0.394 e. The zero-order valence-electron chi connectivity index (χ0n) is 17.3. The highest BCUT2D eigenvalue weighted by Crippen LogP contribution is 2.65. The van der Waals surface area contributed by atoms with Crippen LogP contribution in [0.3, 0.4) is 0 Å². The Morgan fingerprint density at radius 3 is 2.40 bits per heavy atom. The third-order valence-corrected chi connectivity index (χ3v) is 7.16. The third kappa shape index (κ3) is 5.09. The number of hydrogen-bond donors (Lipinski definition) is 3. The molecular weight excluding hydrogens is 594 g/mol. The Bertz CT molecular complexity index is 1350. The summed E-state index contributed by atoms with van der Waals surface area (Å²) < 4.78 is 40.4. The molecule has 5 nitrogen and oxygen atoms in total. The van der Waals surface area contributed by atoms with Gasteiger partial charge in [0.1, 0.15) is 21.7 Å². The Morgan fingerprint density at radius 2 is 1.71 bits per heavy atom. The van der Waals surface area contributed by atoms with E-state index in [9.17, 15) is 22.8 Å². The molecule has 4 rings (SSSR count). The predicted octanol–water partition coefficient (Wildman–Crippen LogP) is 6.88. The molecule has 0 heterocycles. The van der Waals surface area contributed by atoms with E-state index in [2.05, 4.69) is 26.6 Å². The SMILES string of the molecule is Nc1c(F)ccc(NC(=O)c2cc(NC(=O)[C@@H]3[C@@H](c4cc(F)cc(Br)c4)C3(Cl)Cl)ccc2Cl)c1F. The molecule has 1 saturated carbocycles. The standard InChI is InChI=1S/C23H14BrCl3F3N3O2/c24-10-5-9(6-11(28)7-10)17-18(23(17,26)27)22(35)32-12-1-2-14(25)13(8-12)21(34)33-16-4-3-15(29)20(31)19(16)30/h1-8,17-18H,31H2,(H,32,35)(H,33,34)/t17-,18+/m1/s1. The molecule has 3 aromatic carbocycles. The van der Waals surface area contributed by atoms with Gasteiger partial charge in [-0.1, -0.05) is 27.5 Å². The Morgan fingerprint density at radius 1 is 1.00 bits per heavy atom. The number of carbonyl (C=O) groups is 2. The highest BCUT2D eigenvalue weighted by atomic mass is 79.9. The van der Waals surface area contributed by atoms with Crippen LogP contribution in [0.5, 0.6) is 0 Å². The summed E-state index contributed by atoms with van der Waals surface area (Å²) in [6.07, 6.45) is 0. The number of anilines is 3. The first-order valence-electron chi connectivity index (χ1n) is 9.89. The summed E-state index contributed by atoms with van der Waals surface area (Å²) in [6, 6.07) is 10.1. The number of amides is 2. The van der Waals surface area contributed by atoms with Gasteiger partial charge in [0.2, 0.25) is 5.91 Å². The fourth-order valence-electron chi connectivity index (χ4n) is 3.68. The normalized spacial score (nSPS) is 18.1. The molecule has 1 aliphatic carbocycles. The molecule has 35 heavy (non-hydrogen) atoms. The Labute approximate surface area is 220 Å². The number of benzene rings is 3. The molecule has 4 N–H and O–H groups in total. The monoisotopic (exact) mass is 605 g/mol. The van der Waals surface area contributed by atoms with Crippen LogP contribution in [0, 0.1) is 23.4 Å². The minimum atomic E-state index is -1.47. The average molecular weight is 608 g/mol. The molecule has 0 aliphatic heterocycles. The van der Waals surface area contributed by atoms with Crippen LogP contribution < -0.4 is 16.4 Å². The second kappa shape index (κ2) is 9.54. The number of hydrogen-bond acceptors (Lipinski definition) is 3. The lowest BCUT2D eigenvalue weighted by atomic mass is 10.1. The van der Waals surface area contributed by atoms with E-state index in [1.807, 2.05) is 0 Å². The van der Waals surface area contributed by atoms with Crippen LogP contribution in [-0.4, -0.2) is 16.1 Å². The summed E-state index contributed by atoms with van der Waals surface area (Å²) >= 11 is 21.9. The van der Waals surface area contributed by atoms with Gasteiger partial charge in [0.25, 0.3) is 5.91 Å². The van der Waals surface area contributed by atoms with Gasteiger partial charge in [-0.25, -0.2) is 13.2 Å². The van der Waals surface area contributed by atoms with Gasteiger partial charge < -0.3 is 16.4 Å². The van der Waals surface area contributed by atoms with Crippen molar-refractivity contribution in [3.05, 3.63) is 86.6 Å². The minimum absolute atomic E-state index is 0.00827. The van der Waals surface area contributed by atoms with Gasteiger partial charge in [-0.3, -0.25) is 9.59 Å².